The average molecular weight is 449 g/mol. The molecule has 2 aliphatic rings. The zero-order chi connectivity index (χ0) is 23.6. The molecule has 176 valence electrons. The molecular weight excluding hydrogens is 415 g/mol. The van der Waals surface area contributed by atoms with Crippen molar-refractivity contribution in [2.75, 3.05) is 6.61 Å². The van der Waals surface area contributed by atoms with E-state index in [1.54, 1.807) is 13.0 Å². The first-order valence-electron chi connectivity index (χ1n) is 11.5. The number of nitrogens with zero attached hydrogens (tertiary/aromatic N) is 2. The van der Waals surface area contributed by atoms with E-state index < -0.39 is 46.2 Å². The molecule has 1 saturated carbocycles. The fraction of sp³-hybridized carbons (Fsp3) is 0.667. The van der Waals surface area contributed by atoms with Crippen molar-refractivity contribution >= 4 is 11.9 Å². The topological polar surface area (TPSA) is 89.8 Å². The molecule has 1 heterocycles. The maximum atomic E-state index is 15.0. The summed E-state index contributed by atoms with van der Waals surface area (Å²) in [5.41, 5.74) is -0.639. The zero-order valence-electron chi connectivity index (χ0n) is 19.3. The van der Waals surface area contributed by atoms with Gasteiger partial charge in [-0.3, -0.25) is 14.9 Å². The maximum Gasteiger partial charge on any atom is 0.329 e. The SMILES string of the molecule is CCOC(=O)[C@@H]1[C@@H](C(C)(C)C)[C@H]([N+](=O)[O-])[C@H](c2ccccc2F)N1C(=O)C1CCCCC1. The lowest BCUT2D eigenvalue weighted by Crippen LogP contribution is -2.50. The molecule has 0 aromatic heterocycles. The summed E-state index contributed by atoms with van der Waals surface area (Å²) in [4.78, 5) is 40.3. The van der Waals surface area contributed by atoms with Crippen molar-refractivity contribution in [3.8, 4) is 0 Å². The van der Waals surface area contributed by atoms with E-state index in [9.17, 15) is 24.1 Å². The summed E-state index contributed by atoms with van der Waals surface area (Å²) in [6.07, 6.45) is 4.14. The highest BCUT2D eigenvalue weighted by molar-refractivity contribution is 5.87. The van der Waals surface area contributed by atoms with E-state index in [0.717, 1.165) is 19.3 Å². The molecule has 1 aliphatic carbocycles. The monoisotopic (exact) mass is 448 g/mol. The number of halogens is 1. The van der Waals surface area contributed by atoms with Crippen molar-refractivity contribution in [2.24, 2.45) is 17.3 Å². The molecule has 8 heteroatoms. The Morgan fingerprint density at radius 3 is 2.34 bits per heavy atom. The molecule has 0 spiro atoms. The van der Waals surface area contributed by atoms with Gasteiger partial charge in [0.25, 0.3) is 0 Å². The van der Waals surface area contributed by atoms with Crippen molar-refractivity contribution in [3.05, 3.63) is 45.8 Å². The van der Waals surface area contributed by atoms with Crippen LogP contribution >= 0.6 is 0 Å². The van der Waals surface area contributed by atoms with E-state index in [1.807, 2.05) is 20.8 Å². The van der Waals surface area contributed by atoms with Gasteiger partial charge < -0.3 is 9.64 Å². The van der Waals surface area contributed by atoms with Gasteiger partial charge in [0.1, 0.15) is 17.9 Å². The molecule has 0 radical (unpaired) electrons. The zero-order valence-corrected chi connectivity index (χ0v) is 19.3. The number of carbonyl (C=O) groups excluding carboxylic acids is 2. The van der Waals surface area contributed by atoms with Crippen molar-refractivity contribution < 1.29 is 23.6 Å². The van der Waals surface area contributed by atoms with E-state index in [1.165, 1.54) is 23.1 Å². The van der Waals surface area contributed by atoms with Crippen molar-refractivity contribution in [1.82, 2.24) is 4.90 Å². The summed E-state index contributed by atoms with van der Waals surface area (Å²) in [5, 5.41) is 12.4. The van der Waals surface area contributed by atoms with Crippen LogP contribution in [0.5, 0.6) is 0 Å². The summed E-state index contributed by atoms with van der Waals surface area (Å²) in [5.74, 6) is -2.77. The van der Waals surface area contributed by atoms with E-state index in [4.69, 9.17) is 4.74 Å². The second kappa shape index (κ2) is 9.55. The second-order valence-electron chi connectivity index (χ2n) is 9.91. The molecule has 32 heavy (non-hydrogen) atoms. The number of hydrogen-bond acceptors (Lipinski definition) is 5. The van der Waals surface area contributed by atoms with Crippen LogP contribution in [0.4, 0.5) is 4.39 Å². The minimum absolute atomic E-state index is 0.0689. The molecule has 0 unspecified atom stereocenters. The smallest absolute Gasteiger partial charge is 0.329 e. The third-order valence-electron chi connectivity index (χ3n) is 6.84. The van der Waals surface area contributed by atoms with Crippen LogP contribution in [0.15, 0.2) is 24.3 Å². The van der Waals surface area contributed by atoms with Gasteiger partial charge in [0.2, 0.25) is 11.9 Å². The molecule has 0 N–H and O–H groups in total. The maximum absolute atomic E-state index is 15.0. The van der Waals surface area contributed by atoms with Gasteiger partial charge in [-0.15, -0.1) is 0 Å². The molecule has 1 saturated heterocycles. The quantitative estimate of drug-likeness (QED) is 0.375. The van der Waals surface area contributed by atoms with Crippen LogP contribution in [0.1, 0.15) is 71.4 Å². The van der Waals surface area contributed by atoms with E-state index in [2.05, 4.69) is 0 Å². The molecule has 0 bridgehead atoms. The van der Waals surface area contributed by atoms with Crippen LogP contribution in [0.2, 0.25) is 0 Å². The third-order valence-corrected chi connectivity index (χ3v) is 6.84. The first-order valence-corrected chi connectivity index (χ1v) is 11.5. The second-order valence-corrected chi connectivity index (χ2v) is 9.91. The molecular formula is C24H33FN2O5. The summed E-state index contributed by atoms with van der Waals surface area (Å²) in [7, 11) is 0. The number of ether oxygens (including phenoxy) is 1. The Morgan fingerprint density at radius 1 is 1.19 bits per heavy atom. The number of esters is 1. The first-order chi connectivity index (χ1) is 15.1. The minimum atomic E-state index is -1.34. The van der Waals surface area contributed by atoms with Gasteiger partial charge in [-0.05, 0) is 31.2 Å². The lowest BCUT2D eigenvalue weighted by atomic mass is 9.72. The summed E-state index contributed by atoms with van der Waals surface area (Å²) < 4.78 is 20.3. The molecule has 1 aromatic rings. The fourth-order valence-corrected chi connectivity index (χ4v) is 5.50. The Morgan fingerprint density at radius 2 is 1.81 bits per heavy atom. The molecule has 2 fully saturated rings. The minimum Gasteiger partial charge on any atom is -0.464 e. The van der Waals surface area contributed by atoms with E-state index in [0.29, 0.717) is 12.8 Å². The average Bonchev–Trinajstić information content (AvgIpc) is 3.11. The lowest BCUT2D eigenvalue weighted by Gasteiger charge is -2.35. The van der Waals surface area contributed by atoms with Gasteiger partial charge in [0, 0.05) is 16.4 Å². The van der Waals surface area contributed by atoms with Crippen LogP contribution in [-0.4, -0.2) is 40.4 Å². The number of rotatable bonds is 5. The Kier molecular flexibility index (Phi) is 7.20. The highest BCUT2D eigenvalue weighted by Crippen LogP contribution is 2.50. The van der Waals surface area contributed by atoms with Gasteiger partial charge in [-0.25, -0.2) is 9.18 Å². The predicted octanol–water partition coefficient (Wildman–Crippen LogP) is 4.53. The third kappa shape index (κ3) is 4.50. The first kappa shape index (κ1) is 24.1. The van der Waals surface area contributed by atoms with Gasteiger partial charge in [0.05, 0.1) is 12.5 Å². The molecule has 7 nitrogen and oxygen atoms in total. The van der Waals surface area contributed by atoms with Crippen LogP contribution in [0.25, 0.3) is 0 Å². The van der Waals surface area contributed by atoms with Gasteiger partial charge in [-0.1, -0.05) is 58.2 Å². The van der Waals surface area contributed by atoms with Crippen molar-refractivity contribution in [3.63, 3.8) is 0 Å². The number of likely N-dealkylation sites (tertiary alicyclic amines) is 1. The Bertz CT molecular complexity index is 862. The predicted molar refractivity (Wildman–Crippen MR) is 117 cm³/mol. The lowest BCUT2D eigenvalue weighted by molar-refractivity contribution is -0.536. The number of amides is 1. The summed E-state index contributed by atoms with van der Waals surface area (Å²) >= 11 is 0. The van der Waals surface area contributed by atoms with E-state index in [-0.39, 0.29) is 24.0 Å². The highest BCUT2D eigenvalue weighted by atomic mass is 19.1. The molecule has 1 aliphatic heterocycles. The largest absolute Gasteiger partial charge is 0.464 e. The van der Waals surface area contributed by atoms with Crippen LogP contribution in [0.3, 0.4) is 0 Å². The Hall–Kier alpha value is -2.51. The van der Waals surface area contributed by atoms with Crippen LogP contribution < -0.4 is 0 Å². The Labute approximate surface area is 188 Å². The number of carbonyl (C=O) groups is 2. The molecule has 4 atom stereocenters. The van der Waals surface area contributed by atoms with Crippen LogP contribution in [0, 0.1) is 33.2 Å². The fourth-order valence-electron chi connectivity index (χ4n) is 5.50. The van der Waals surface area contributed by atoms with E-state index >= 15 is 0 Å². The highest BCUT2D eigenvalue weighted by Gasteiger charge is 2.64. The summed E-state index contributed by atoms with van der Waals surface area (Å²) in [6.45, 7) is 7.19. The summed E-state index contributed by atoms with van der Waals surface area (Å²) in [6, 6.07) is 2.15. The Balaban J connectivity index is 2.23. The molecule has 3 rings (SSSR count). The molecule has 1 aromatic carbocycles. The van der Waals surface area contributed by atoms with Gasteiger partial charge in [-0.2, -0.15) is 0 Å². The normalized spacial score (nSPS) is 26.7. The van der Waals surface area contributed by atoms with Crippen molar-refractivity contribution in [2.45, 2.75) is 77.9 Å². The van der Waals surface area contributed by atoms with Crippen molar-refractivity contribution in [1.29, 1.82) is 0 Å². The number of nitro groups is 1. The van der Waals surface area contributed by atoms with Crippen LogP contribution in [-0.2, 0) is 14.3 Å². The molecule has 1 amide bonds. The number of benzene rings is 1. The van der Waals surface area contributed by atoms with Gasteiger partial charge >= 0.3 is 5.97 Å². The standard InChI is InChI=1S/C24H33FN2O5/c1-5-32-23(29)21-18(24(2,3)4)20(27(30)31)19(16-13-9-10-14-17(16)25)26(21)22(28)15-11-7-6-8-12-15/h9-10,13-15,18-21H,5-8,11-12H2,1-4H3/t18-,19-,20-,21-/m0/s1. The van der Waals surface area contributed by atoms with Gasteiger partial charge in [0.15, 0.2) is 0 Å². The number of hydrogen-bond donors (Lipinski definition) is 0.